The Labute approximate surface area is 144 Å². The molecule has 24 heavy (non-hydrogen) atoms. The van der Waals surface area contributed by atoms with Crippen molar-refractivity contribution in [3.63, 3.8) is 0 Å². The molecule has 2 rings (SSSR count). The zero-order chi connectivity index (χ0) is 17.2. The summed E-state index contributed by atoms with van der Waals surface area (Å²) < 4.78 is 5.15. The van der Waals surface area contributed by atoms with Gasteiger partial charge >= 0.3 is 0 Å². The molecule has 0 aromatic heterocycles. The molecule has 3 N–H and O–H groups in total. The highest BCUT2D eigenvalue weighted by molar-refractivity contribution is 5.80. The molecule has 1 aliphatic carbocycles. The van der Waals surface area contributed by atoms with Crippen LogP contribution in [0.5, 0.6) is 5.75 Å². The van der Waals surface area contributed by atoms with Gasteiger partial charge in [0.25, 0.3) is 0 Å². The predicted molar refractivity (Wildman–Crippen MR) is 96.2 cm³/mol. The van der Waals surface area contributed by atoms with Gasteiger partial charge in [-0.25, -0.2) is 4.99 Å². The molecule has 0 saturated heterocycles. The molecular weight excluding hydrogens is 304 g/mol. The highest BCUT2D eigenvalue weighted by Crippen LogP contribution is 2.18. The summed E-state index contributed by atoms with van der Waals surface area (Å²) >= 11 is 0. The van der Waals surface area contributed by atoms with Crippen molar-refractivity contribution in [3.8, 4) is 5.75 Å². The first-order valence-corrected chi connectivity index (χ1v) is 8.65. The summed E-state index contributed by atoms with van der Waals surface area (Å²) in [4.78, 5) is 16.2. The van der Waals surface area contributed by atoms with Crippen LogP contribution >= 0.6 is 0 Å². The number of ether oxygens (including phenoxy) is 1. The quantitative estimate of drug-likeness (QED) is 0.366. The molecule has 6 nitrogen and oxygen atoms in total. The molecule has 6 heteroatoms. The summed E-state index contributed by atoms with van der Waals surface area (Å²) in [5, 5.41) is 9.49. The Morgan fingerprint density at radius 3 is 2.62 bits per heavy atom. The van der Waals surface area contributed by atoms with Gasteiger partial charge in [0.05, 0.1) is 13.7 Å². The van der Waals surface area contributed by atoms with Gasteiger partial charge in [0.15, 0.2) is 5.96 Å². The fraction of sp³-hybridized carbons (Fsp3) is 0.556. The standard InChI is InChI=1S/C18H28N4O2/c1-3-19-18(20-12-4-5-17(23)22-15-8-9-15)21-13-14-6-10-16(24-2)11-7-14/h6-7,10-11,15H,3-5,8-9,12-13H2,1-2H3,(H,22,23)(H2,19,20,21). The van der Waals surface area contributed by atoms with Crippen molar-refractivity contribution in [2.75, 3.05) is 20.2 Å². The lowest BCUT2D eigenvalue weighted by Crippen LogP contribution is -2.38. The topological polar surface area (TPSA) is 74.8 Å². The van der Waals surface area contributed by atoms with E-state index in [-0.39, 0.29) is 5.91 Å². The minimum Gasteiger partial charge on any atom is -0.497 e. The Kier molecular flexibility index (Phi) is 7.39. The van der Waals surface area contributed by atoms with Gasteiger partial charge in [0.2, 0.25) is 5.91 Å². The summed E-state index contributed by atoms with van der Waals surface area (Å²) in [6.07, 6.45) is 3.62. The average Bonchev–Trinajstić information content (AvgIpc) is 3.40. The van der Waals surface area contributed by atoms with E-state index < -0.39 is 0 Å². The van der Waals surface area contributed by atoms with Crippen LogP contribution in [0.4, 0.5) is 0 Å². The van der Waals surface area contributed by atoms with E-state index in [0.717, 1.165) is 49.6 Å². The Morgan fingerprint density at radius 2 is 2.00 bits per heavy atom. The Bertz CT molecular complexity index is 538. The lowest BCUT2D eigenvalue weighted by Gasteiger charge is -2.11. The summed E-state index contributed by atoms with van der Waals surface area (Å²) in [6, 6.07) is 8.32. The number of nitrogens with one attached hydrogen (secondary N) is 3. The van der Waals surface area contributed by atoms with E-state index in [1.165, 1.54) is 0 Å². The van der Waals surface area contributed by atoms with Crippen LogP contribution in [0.1, 0.15) is 38.2 Å². The van der Waals surface area contributed by atoms with Crippen LogP contribution in [0.2, 0.25) is 0 Å². The zero-order valence-corrected chi connectivity index (χ0v) is 14.6. The normalized spacial score (nSPS) is 14.2. The van der Waals surface area contributed by atoms with Crippen molar-refractivity contribution in [2.24, 2.45) is 4.99 Å². The van der Waals surface area contributed by atoms with Crippen LogP contribution < -0.4 is 20.7 Å². The number of guanidine groups is 1. The molecule has 1 saturated carbocycles. The lowest BCUT2D eigenvalue weighted by molar-refractivity contribution is -0.121. The number of nitrogens with zero attached hydrogens (tertiary/aromatic N) is 1. The molecule has 0 unspecified atom stereocenters. The van der Waals surface area contributed by atoms with Gasteiger partial charge in [-0.3, -0.25) is 4.79 Å². The third kappa shape index (κ3) is 6.89. The van der Waals surface area contributed by atoms with E-state index in [9.17, 15) is 4.79 Å². The van der Waals surface area contributed by atoms with E-state index in [1.54, 1.807) is 7.11 Å². The maximum absolute atomic E-state index is 11.6. The van der Waals surface area contributed by atoms with E-state index >= 15 is 0 Å². The number of hydrogen-bond acceptors (Lipinski definition) is 3. The van der Waals surface area contributed by atoms with Crippen LogP contribution in [0, 0.1) is 0 Å². The Hall–Kier alpha value is -2.24. The van der Waals surface area contributed by atoms with Gasteiger partial charge in [-0.2, -0.15) is 0 Å². The molecule has 0 heterocycles. The van der Waals surface area contributed by atoms with Crippen LogP contribution in [-0.4, -0.2) is 38.1 Å². The van der Waals surface area contributed by atoms with Crippen LogP contribution in [0.25, 0.3) is 0 Å². The molecule has 1 fully saturated rings. The summed E-state index contributed by atoms with van der Waals surface area (Å²) in [7, 11) is 1.66. The molecule has 0 spiro atoms. The predicted octanol–water partition coefficient (Wildman–Crippen LogP) is 1.81. The van der Waals surface area contributed by atoms with Crippen LogP contribution in [0.15, 0.2) is 29.3 Å². The summed E-state index contributed by atoms with van der Waals surface area (Å²) in [5.74, 6) is 1.77. The number of benzene rings is 1. The fourth-order valence-electron chi connectivity index (χ4n) is 2.23. The molecule has 1 aromatic rings. The Morgan fingerprint density at radius 1 is 1.25 bits per heavy atom. The second kappa shape index (κ2) is 9.80. The van der Waals surface area contributed by atoms with Crippen LogP contribution in [-0.2, 0) is 11.3 Å². The van der Waals surface area contributed by atoms with Crippen molar-refractivity contribution in [1.82, 2.24) is 16.0 Å². The molecule has 0 atom stereocenters. The first kappa shape index (κ1) is 18.1. The Balaban J connectivity index is 1.71. The molecular formula is C18H28N4O2. The summed E-state index contributed by atoms with van der Waals surface area (Å²) in [5.41, 5.74) is 1.12. The maximum Gasteiger partial charge on any atom is 0.220 e. The molecule has 0 radical (unpaired) electrons. The number of methoxy groups -OCH3 is 1. The minimum atomic E-state index is 0.152. The number of aliphatic imine (C=N–C) groups is 1. The monoisotopic (exact) mass is 332 g/mol. The third-order valence-electron chi connectivity index (χ3n) is 3.74. The SMILES string of the molecule is CCNC(=NCc1ccc(OC)cc1)NCCCC(=O)NC1CC1. The van der Waals surface area contributed by atoms with Gasteiger partial charge in [-0.15, -0.1) is 0 Å². The van der Waals surface area contributed by atoms with Gasteiger partial charge in [-0.05, 0) is 43.9 Å². The first-order chi connectivity index (χ1) is 11.7. The third-order valence-corrected chi connectivity index (χ3v) is 3.74. The number of rotatable bonds is 9. The van der Waals surface area contributed by atoms with Crippen molar-refractivity contribution >= 4 is 11.9 Å². The first-order valence-electron chi connectivity index (χ1n) is 8.65. The van der Waals surface area contributed by atoms with Gasteiger partial charge < -0.3 is 20.7 Å². The molecule has 0 bridgehead atoms. The van der Waals surface area contributed by atoms with Gasteiger partial charge in [-0.1, -0.05) is 12.1 Å². The highest BCUT2D eigenvalue weighted by atomic mass is 16.5. The lowest BCUT2D eigenvalue weighted by atomic mass is 10.2. The summed E-state index contributed by atoms with van der Waals surface area (Å²) in [6.45, 7) is 4.16. The van der Waals surface area contributed by atoms with Gasteiger partial charge in [0.1, 0.15) is 5.75 Å². The molecule has 1 aromatic carbocycles. The minimum absolute atomic E-state index is 0.152. The fourth-order valence-corrected chi connectivity index (χ4v) is 2.23. The van der Waals surface area contributed by atoms with Crippen molar-refractivity contribution in [1.29, 1.82) is 0 Å². The molecule has 1 aliphatic rings. The van der Waals surface area contributed by atoms with E-state index in [1.807, 2.05) is 31.2 Å². The largest absolute Gasteiger partial charge is 0.497 e. The number of amides is 1. The molecule has 1 amide bonds. The zero-order valence-electron chi connectivity index (χ0n) is 14.6. The van der Waals surface area contributed by atoms with Crippen molar-refractivity contribution < 1.29 is 9.53 Å². The smallest absolute Gasteiger partial charge is 0.220 e. The second-order valence-corrected chi connectivity index (χ2v) is 5.92. The molecule has 132 valence electrons. The average molecular weight is 332 g/mol. The van der Waals surface area contributed by atoms with E-state index in [4.69, 9.17) is 4.74 Å². The second-order valence-electron chi connectivity index (χ2n) is 5.92. The van der Waals surface area contributed by atoms with E-state index in [0.29, 0.717) is 19.0 Å². The molecule has 0 aliphatic heterocycles. The number of hydrogen-bond donors (Lipinski definition) is 3. The van der Waals surface area contributed by atoms with Gasteiger partial charge in [0, 0.05) is 25.6 Å². The highest BCUT2D eigenvalue weighted by Gasteiger charge is 2.22. The van der Waals surface area contributed by atoms with E-state index in [2.05, 4.69) is 20.9 Å². The van der Waals surface area contributed by atoms with Crippen molar-refractivity contribution in [2.45, 2.75) is 45.2 Å². The van der Waals surface area contributed by atoms with Crippen LogP contribution in [0.3, 0.4) is 0 Å². The maximum atomic E-state index is 11.6. The number of carbonyl (C=O) groups is 1. The number of carbonyl (C=O) groups excluding carboxylic acids is 1. The van der Waals surface area contributed by atoms with Crippen molar-refractivity contribution in [3.05, 3.63) is 29.8 Å².